The number of carbonyl (C=O) groups is 3. The molecule has 0 aliphatic carbocycles. The van der Waals surface area contributed by atoms with E-state index < -0.39 is 11.8 Å². The zero-order valence-corrected chi connectivity index (χ0v) is 14.2. The molecule has 0 saturated heterocycles. The minimum Gasteiger partial charge on any atom is -0.472 e. The fourth-order valence-corrected chi connectivity index (χ4v) is 3.03. The van der Waals surface area contributed by atoms with Crippen molar-refractivity contribution in [1.82, 2.24) is 15.5 Å². The highest BCUT2D eigenvalue weighted by Crippen LogP contribution is 2.25. The van der Waals surface area contributed by atoms with Crippen molar-refractivity contribution >= 4 is 46.0 Å². The third kappa shape index (κ3) is 5.66. The molecule has 11 heteroatoms. The third-order valence-electron chi connectivity index (χ3n) is 2.46. The molecule has 0 aliphatic rings. The summed E-state index contributed by atoms with van der Waals surface area (Å²) >= 11 is 2.30. The van der Waals surface area contributed by atoms with Crippen molar-refractivity contribution in [3.05, 3.63) is 24.2 Å². The van der Waals surface area contributed by atoms with E-state index in [1.54, 1.807) is 6.92 Å². The Balaban J connectivity index is 1.74. The van der Waals surface area contributed by atoms with Gasteiger partial charge in [-0.15, -0.1) is 10.2 Å². The smallest absolute Gasteiger partial charge is 0.316 e. The molecule has 0 spiro atoms. The Morgan fingerprint density at radius 2 is 2.21 bits per heavy atom. The van der Waals surface area contributed by atoms with Crippen LogP contribution in [-0.4, -0.2) is 46.9 Å². The van der Waals surface area contributed by atoms with Gasteiger partial charge in [-0.1, -0.05) is 23.1 Å². The van der Waals surface area contributed by atoms with Crippen LogP contribution >= 0.6 is 23.1 Å². The van der Waals surface area contributed by atoms with Gasteiger partial charge in [-0.3, -0.25) is 19.7 Å². The van der Waals surface area contributed by atoms with Gasteiger partial charge in [-0.25, -0.2) is 0 Å². The molecule has 2 heterocycles. The lowest BCUT2D eigenvalue weighted by molar-refractivity contribution is -0.139. The fraction of sp³-hybridized carbons (Fsp3) is 0.308. The number of aromatic nitrogens is 2. The van der Waals surface area contributed by atoms with Crippen molar-refractivity contribution in [2.24, 2.45) is 0 Å². The molecule has 2 aromatic rings. The molecule has 0 bridgehead atoms. The highest BCUT2D eigenvalue weighted by molar-refractivity contribution is 8.01. The minimum absolute atomic E-state index is 0.122. The number of hydrogen-bond donors (Lipinski definition) is 2. The van der Waals surface area contributed by atoms with Gasteiger partial charge < -0.3 is 14.5 Å². The summed E-state index contributed by atoms with van der Waals surface area (Å²) in [5.74, 6) is -1.07. The van der Waals surface area contributed by atoms with Crippen molar-refractivity contribution < 1.29 is 23.5 Å². The second-order valence-electron chi connectivity index (χ2n) is 4.21. The first-order chi connectivity index (χ1) is 11.6. The summed E-state index contributed by atoms with van der Waals surface area (Å²) in [4.78, 5) is 34.6. The number of rotatable bonds is 8. The number of carbonyl (C=O) groups excluding carboxylic acids is 3. The molecule has 0 aliphatic heterocycles. The van der Waals surface area contributed by atoms with E-state index in [0.717, 1.165) is 11.3 Å². The maximum Gasteiger partial charge on any atom is 0.316 e. The first-order valence-electron chi connectivity index (χ1n) is 6.80. The molecule has 0 saturated carbocycles. The predicted molar refractivity (Wildman–Crippen MR) is 86.9 cm³/mol. The average molecular weight is 370 g/mol. The van der Waals surface area contributed by atoms with Gasteiger partial charge in [0.15, 0.2) is 4.34 Å². The predicted octanol–water partition coefficient (Wildman–Crippen LogP) is 1.15. The van der Waals surface area contributed by atoms with Gasteiger partial charge >= 0.3 is 5.97 Å². The quantitative estimate of drug-likeness (QED) is 0.403. The van der Waals surface area contributed by atoms with Gasteiger partial charge in [0.25, 0.3) is 5.91 Å². The normalized spacial score (nSPS) is 10.2. The fourth-order valence-electron chi connectivity index (χ4n) is 1.46. The Morgan fingerprint density at radius 3 is 2.92 bits per heavy atom. The molecule has 2 rings (SSSR count). The second-order valence-corrected chi connectivity index (χ2v) is 6.41. The van der Waals surface area contributed by atoms with Crippen LogP contribution in [-0.2, 0) is 14.3 Å². The molecule has 0 atom stereocenters. The number of ether oxygens (including phenoxy) is 1. The summed E-state index contributed by atoms with van der Waals surface area (Å²) in [6, 6.07) is 1.49. The molecule has 0 aromatic carbocycles. The standard InChI is InChI=1S/C13H14N4O5S2/c1-2-22-10(19)7-23-13-17-16-12(24-13)15-9(18)5-14-11(20)8-3-4-21-6-8/h3-4,6H,2,5,7H2,1H3,(H,14,20)(H,15,16,18). The summed E-state index contributed by atoms with van der Waals surface area (Å²) in [7, 11) is 0. The van der Waals surface area contributed by atoms with E-state index >= 15 is 0 Å². The summed E-state index contributed by atoms with van der Waals surface area (Å²) in [5, 5.41) is 12.9. The van der Waals surface area contributed by atoms with E-state index in [-0.39, 0.29) is 23.4 Å². The van der Waals surface area contributed by atoms with E-state index in [1.165, 1.54) is 30.4 Å². The maximum absolute atomic E-state index is 11.8. The average Bonchev–Trinajstić information content (AvgIpc) is 3.23. The Bertz CT molecular complexity index is 701. The van der Waals surface area contributed by atoms with E-state index in [1.807, 2.05) is 0 Å². The van der Waals surface area contributed by atoms with Crippen LogP contribution in [0.5, 0.6) is 0 Å². The number of esters is 1. The van der Waals surface area contributed by atoms with E-state index in [9.17, 15) is 14.4 Å². The first kappa shape index (κ1) is 17.9. The van der Waals surface area contributed by atoms with Gasteiger partial charge in [-0.05, 0) is 13.0 Å². The number of thioether (sulfide) groups is 1. The lowest BCUT2D eigenvalue weighted by Crippen LogP contribution is -2.32. The Labute approximate surface area is 145 Å². The Hall–Kier alpha value is -2.40. The Kier molecular flexibility index (Phi) is 6.75. The number of anilines is 1. The van der Waals surface area contributed by atoms with Crippen LogP contribution in [0.1, 0.15) is 17.3 Å². The van der Waals surface area contributed by atoms with Gasteiger partial charge in [0.1, 0.15) is 6.26 Å². The van der Waals surface area contributed by atoms with E-state index in [4.69, 9.17) is 9.15 Å². The minimum atomic E-state index is -0.440. The van der Waals surface area contributed by atoms with Crippen molar-refractivity contribution in [3.63, 3.8) is 0 Å². The highest BCUT2D eigenvalue weighted by atomic mass is 32.2. The molecule has 0 unspecified atom stereocenters. The molecule has 9 nitrogen and oxygen atoms in total. The maximum atomic E-state index is 11.8. The topological polar surface area (TPSA) is 123 Å². The van der Waals surface area contributed by atoms with Crippen molar-refractivity contribution in [2.75, 3.05) is 24.2 Å². The largest absolute Gasteiger partial charge is 0.472 e. The summed E-state index contributed by atoms with van der Waals surface area (Å²) in [5.41, 5.74) is 0.330. The molecule has 2 amide bonds. The number of nitrogens with one attached hydrogen (secondary N) is 2. The Morgan fingerprint density at radius 1 is 1.38 bits per heavy atom. The highest BCUT2D eigenvalue weighted by Gasteiger charge is 2.12. The molecule has 24 heavy (non-hydrogen) atoms. The number of furan rings is 1. The van der Waals surface area contributed by atoms with Gasteiger partial charge in [-0.2, -0.15) is 0 Å². The van der Waals surface area contributed by atoms with Crippen LogP contribution in [0, 0.1) is 0 Å². The number of nitrogens with zero attached hydrogens (tertiary/aromatic N) is 2. The molecular formula is C13H14N4O5S2. The SMILES string of the molecule is CCOC(=O)CSc1nnc(NC(=O)CNC(=O)c2ccoc2)s1. The van der Waals surface area contributed by atoms with Crippen molar-refractivity contribution in [3.8, 4) is 0 Å². The summed E-state index contributed by atoms with van der Waals surface area (Å²) < 4.78 is 10.1. The zero-order chi connectivity index (χ0) is 17.4. The van der Waals surface area contributed by atoms with Crippen LogP contribution in [0.25, 0.3) is 0 Å². The number of amides is 2. The van der Waals surface area contributed by atoms with Crippen LogP contribution in [0.15, 0.2) is 27.3 Å². The number of hydrogen-bond acceptors (Lipinski definition) is 9. The van der Waals surface area contributed by atoms with Crippen LogP contribution < -0.4 is 10.6 Å². The molecule has 2 N–H and O–H groups in total. The van der Waals surface area contributed by atoms with Crippen LogP contribution in [0.4, 0.5) is 5.13 Å². The second kappa shape index (κ2) is 9.03. The zero-order valence-electron chi connectivity index (χ0n) is 12.6. The molecule has 2 aromatic heterocycles. The lowest BCUT2D eigenvalue weighted by atomic mass is 10.3. The van der Waals surface area contributed by atoms with E-state index in [0.29, 0.717) is 16.5 Å². The van der Waals surface area contributed by atoms with Gasteiger partial charge in [0.05, 0.1) is 30.7 Å². The third-order valence-corrected chi connectivity index (χ3v) is 4.41. The van der Waals surface area contributed by atoms with Crippen LogP contribution in [0.2, 0.25) is 0 Å². The molecule has 0 radical (unpaired) electrons. The lowest BCUT2D eigenvalue weighted by Gasteiger charge is -2.02. The molecular weight excluding hydrogens is 356 g/mol. The van der Waals surface area contributed by atoms with E-state index in [2.05, 4.69) is 20.8 Å². The monoisotopic (exact) mass is 370 g/mol. The van der Waals surface area contributed by atoms with Gasteiger partial charge in [0, 0.05) is 0 Å². The molecule has 128 valence electrons. The van der Waals surface area contributed by atoms with Crippen molar-refractivity contribution in [2.45, 2.75) is 11.3 Å². The summed E-state index contributed by atoms with van der Waals surface area (Å²) in [6.07, 6.45) is 2.65. The van der Waals surface area contributed by atoms with Crippen LogP contribution in [0.3, 0.4) is 0 Å². The summed E-state index contributed by atoms with van der Waals surface area (Å²) in [6.45, 7) is 1.84. The molecule has 0 fully saturated rings. The first-order valence-corrected chi connectivity index (χ1v) is 8.61. The van der Waals surface area contributed by atoms with Gasteiger partial charge in [0.2, 0.25) is 11.0 Å². The van der Waals surface area contributed by atoms with Crippen molar-refractivity contribution in [1.29, 1.82) is 0 Å².